The molecular formula is C16H18ClN3O. The van der Waals surface area contributed by atoms with Crippen LogP contribution in [0.25, 0.3) is 0 Å². The van der Waals surface area contributed by atoms with Crippen LogP contribution in [0.1, 0.15) is 15.9 Å². The summed E-state index contributed by atoms with van der Waals surface area (Å²) in [5.41, 5.74) is 9.61. The molecule has 110 valence electrons. The van der Waals surface area contributed by atoms with Crippen LogP contribution < -0.4 is 11.1 Å². The summed E-state index contributed by atoms with van der Waals surface area (Å²) in [6, 6.07) is 10.8. The van der Waals surface area contributed by atoms with Crippen LogP contribution in [0.3, 0.4) is 0 Å². The Kier molecular flexibility index (Phi) is 4.38. The zero-order valence-electron chi connectivity index (χ0n) is 12.3. The van der Waals surface area contributed by atoms with Gasteiger partial charge < -0.3 is 16.0 Å². The van der Waals surface area contributed by atoms with E-state index in [2.05, 4.69) is 5.32 Å². The summed E-state index contributed by atoms with van der Waals surface area (Å²) < 4.78 is 0. The molecular weight excluding hydrogens is 286 g/mol. The Morgan fingerprint density at radius 1 is 1.14 bits per heavy atom. The third-order valence-electron chi connectivity index (χ3n) is 3.10. The molecule has 0 radical (unpaired) electrons. The average molecular weight is 304 g/mol. The van der Waals surface area contributed by atoms with Crippen LogP contribution >= 0.6 is 11.6 Å². The van der Waals surface area contributed by atoms with Crippen molar-refractivity contribution in [1.29, 1.82) is 0 Å². The Hall–Kier alpha value is -2.20. The van der Waals surface area contributed by atoms with Gasteiger partial charge in [0.15, 0.2) is 0 Å². The Balaban J connectivity index is 2.37. The molecule has 0 bridgehead atoms. The first-order valence-corrected chi connectivity index (χ1v) is 6.90. The molecule has 0 aliphatic heterocycles. The van der Waals surface area contributed by atoms with E-state index >= 15 is 0 Å². The number of amides is 1. The molecule has 0 aliphatic carbocycles. The Morgan fingerprint density at radius 3 is 2.52 bits per heavy atom. The fourth-order valence-electron chi connectivity index (χ4n) is 1.94. The molecule has 2 aromatic carbocycles. The van der Waals surface area contributed by atoms with E-state index in [9.17, 15) is 4.79 Å². The number of hydrogen-bond donors (Lipinski definition) is 2. The highest BCUT2D eigenvalue weighted by atomic mass is 35.5. The van der Waals surface area contributed by atoms with Crippen LogP contribution in [0.15, 0.2) is 36.4 Å². The molecule has 4 nitrogen and oxygen atoms in total. The smallest absolute Gasteiger partial charge is 0.253 e. The molecule has 3 N–H and O–H groups in total. The van der Waals surface area contributed by atoms with Crippen LogP contribution in [-0.4, -0.2) is 24.9 Å². The largest absolute Gasteiger partial charge is 0.397 e. The lowest BCUT2D eigenvalue weighted by Crippen LogP contribution is -2.21. The number of halogens is 1. The third kappa shape index (κ3) is 3.47. The van der Waals surface area contributed by atoms with E-state index < -0.39 is 0 Å². The van der Waals surface area contributed by atoms with Gasteiger partial charge in [0.05, 0.1) is 22.1 Å². The molecule has 0 heterocycles. The molecule has 5 heteroatoms. The normalized spacial score (nSPS) is 10.3. The van der Waals surface area contributed by atoms with Crippen LogP contribution in [0.2, 0.25) is 5.02 Å². The maximum Gasteiger partial charge on any atom is 0.253 e. The second-order valence-electron chi connectivity index (χ2n) is 5.11. The number of carbonyl (C=O) groups is 1. The predicted molar refractivity (Wildman–Crippen MR) is 88.3 cm³/mol. The molecule has 0 saturated heterocycles. The number of benzene rings is 2. The molecule has 21 heavy (non-hydrogen) atoms. The van der Waals surface area contributed by atoms with Crippen molar-refractivity contribution in [2.45, 2.75) is 6.92 Å². The first-order chi connectivity index (χ1) is 9.88. The predicted octanol–water partition coefficient (Wildman–Crippen LogP) is 3.68. The number of nitrogens with one attached hydrogen (secondary N) is 1. The lowest BCUT2D eigenvalue weighted by molar-refractivity contribution is 0.0827. The highest BCUT2D eigenvalue weighted by Crippen LogP contribution is 2.30. The topological polar surface area (TPSA) is 58.4 Å². The second-order valence-corrected chi connectivity index (χ2v) is 5.52. The van der Waals surface area contributed by atoms with Gasteiger partial charge in [-0.1, -0.05) is 17.7 Å². The van der Waals surface area contributed by atoms with Gasteiger partial charge in [-0.05, 0) is 42.8 Å². The number of rotatable bonds is 3. The van der Waals surface area contributed by atoms with Crippen molar-refractivity contribution in [2.24, 2.45) is 0 Å². The number of hydrogen-bond acceptors (Lipinski definition) is 3. The Morgan fingerprint density at radius 2 is 1.86 bits per heavy atom. The second kappa shape index (κ2) is 6.06. The molecule has 0 spiro atoms. The SMILES string of the molecule is Cc1ccc(Cl)c(Nc2cc(C(=O)N(C)C)ccc2N)c1. The van der Waals surface area contributed by atoms with Gasteiger partial charge in [0, 0.05) is 19.7 Å². The molecule has 0 fully saturated rings. The minimum atomic E-state index is -0.0756. The van der Waals surface area contributed by atoms with Crippen molar-refractivity contribution in [3.63, 3.8) is 0 Å². The first-order valence-electron chi connectivity index (χ1n) is 6.53. The van der Waals surface area contributed by atoms with Crippen molar-refractivity contribution < 1.29 is 4.79 Å². The van der Waals surface area contributed by atoms with Gasteiger partial charge in [-0.2, -0.15) is 0 Å². The summed E-state index contributed by atoms with van der Waals surface area (Å²) in [7, 11) is 3.42. The van der Waals surface area contributed by atoms with Crippen LogP contribution in [0.4, 0.5) is 17.1 Å². The Bertz CT molecular complexity index is 683. The standard InChI is InChI=1S/C16H18ClN3O/c1-10-4-6-12(17)14(8-10)19-15-9-11(5-7-13(15)18)16(21)20(2)3/h4-9,19H,18H2,1-3H3. The van der Waals surface area contributed by atoms with Gasteiger partial charge in [0.1, 0.15) is 0 Å². The highest BCUT2D eigenvalue weighted by molar-refractivity contribution is 6.33. The number of nitrogens with zero attached hydrogens (tertiary/aromatic N) is 1. The number of nitrogens with two attached hydrogens (primary N) is 1. The zero-order valence-corrected chi connectivity index (χ0v) is 13.0. The summed E-state index contributed by atoms with van der Waals surface area (Å²) in [5.74, 6) is -0.0756. The average Bonchev–Trinajstić information content (AvgIpc) is 2.44. The van der Waals surface area contributed by atoms with Gasteiger partial charge in [0.25, 0.3) is 5.91 Å². The maximum absolute atomic E-state index is 12.0. The van der Waals surface area contributed by atoms with Gasteiger partial charge in [-0.3, -0.25) is 4.79 Å². The van der Waals surface area contributed by atoms with Crippen LogP contribution in [-0.2, 0) is 0 Å². The van der Waals surface area contributed by atoms with Gasteiger partial charge in [-0.25, -0.2) is 0 Å². The number of anilines is 3. The summed E-state index contributed by atoms with van der Waals surface area (Å²) in [4.78, 5) is 13.5. The number of nitrogen functional groups attached to an aromatic ring is 1. The minimum absolute atomic E-state index is 0.0756. The van der Waals surface area contributed by atoms with E-state index in [0.29, 0.717) is 22.0 Å². The summed E-state index contributed by atoms with van der Waals surface area (Å²) >= 11 is 6.17. The minimum Gasteiger partial charge on any atom is -0.397 e. The molecule has 2 aromatic rings. The number of aryl methyl sites for hydroxylation is 1. The monoisotopic (exact) mass is 303 g/mol. The molecule has 0 unspecified atom stereocenters. The van der Waals surface area contributed by atoms with Crippen molar-refractivity contribution in [3.8, 4) is 0 Å². The number of carbonyl (C=O) groups excluding carboxylic acids is 1. The molecule has 2 rings (SSSR count). The fraction of sp³-hybridized carbons (Fsp3) is 0.188. The maximum atomic E-state index is 12.0. The first kappa shape index (κ1) is 15.2. The van der Waals surface area contributed by atoms with Gasteiger partial charge in [0.2, 0.25) is 0 Å². The van der Waals surface area contributed by atoms with E-state index in [4.69, 9.17) is 17.3 Å². The lowest BCUT2D eigenvalue weighted by atomic mass is 10.1. The summed E-state index contributed by atoms with van der Waals surface area (Å²) in [6.07, 6.45) is 0. The summed E-state index contributed by atoms with van der Waals surface area (Å²) in [5, 5.41) is 3.79. The van der Waals surface area contributed by atoms with Crippen molar-refractivity contribution in [3.05, 3.63) is 52.5 Å². The van der Waals surface area contributed by atoms with Crippen molar-refractivity contribution >= 4 is 34.6 Å². The summed E-state index contributed by atoms with van der Waals surface area (Å²) in [6.45, 7) is 1.98. The molecule has 0 aliphatic rings. The quantitative estimate of drug-likeness (QED) is 0.850. The van der Waals surface area contributed by atoms with E-state index in [1.54, 1.807) is 32.3 Å². The van der Waals surface area contributed by atoms with E-state index in [-0.39, 0.29) is 5.91 Å². The molecule has 0 aromatic heterocycles. The van der Waals surface area contributed by atoms with E-state index in [0.717, 1.165) is 11.3 Å². The highest BCUT2D eigenvalue weighted by Gasteiger charge is 2.11. The van der Waals surface area contributed by atoms with Crippen LogP contribution in [0, 0.1) is 6.92 Å². The van der Waals surface area contributed by atoms with Crippen molar-refractivity contribution in [1.82, 2.24) is 4.90 Å². The van der Waals surface area contributed by atoms with Crippen LogP contribution in [0.5, 0.6) is 0 Å². The van der Waals surface area contributed by atoms with Gasteiger partial charge in [-0.15, -0.1) is 0 Å². The molecule has 0 saturated carbocycles. The van der Waals surface area contributed by atoms with E-state index in [1.165, 1.54) is 4.90 Å². The third-order valence-corrected chi connectivity index (χ3v) is 3.43. The van der Waals surface area contributed by atoms with E-state index in [1.807, 2.05) is 25.1 Å². The van der Waals surface area contributed by atoms with Gasteiger partial charge >= 0.3 is 0 Å². The fourth-order valence-corrected chi connectivity index (χ4v) is 2.10. The Labute approximate surface area is 129 Å². The zero-order chi connectivity index (χ0) is 15.6. The molecule has 0 atom stereocenters. The lowest BCUT2D eigenvalue weighted by Gasteiger charge is -2.15. The molecule has 1 amide bonds. The van der Waals surface area contributed by atoms with Crippen molar-refractivity contribution in [2.75, 3.05) is 25.1 Å².